The van der Waals surface area contributed by atoms with Gasteiger partial charge in [0, 0.05) is 0 Å². The third-order valence-corrected chi connectivity index (χ3v) is 3.71. The molecule has 3 nitrogen and oxygen atoms in total. The number of carbonyl (C=O) groups excluding carboxylic acids is 1. The molecule has 2 atom stereocenters. The summed E-state index contributed by atoms with van der Waals surface area (Å²) in [5.74, 6) is -0.208. The van der Waals surface area contributed by atoms with Gasteiger partial charge in [-0.25, -0.2) is 0 Å². The highest BCUT2D eigenvalue weighted by atomic mass is 16.5. The fourth-order valence-corrected chi connectivity index (χ4v) is 2.58. The van der Waals surface area contributed by atoms with E-state index in [9.17, 15) is 9.90 Å². The molecule has 1 rings (SSSR count). The highest BCUT2D eigenvalue weighted by Gasteiger charge is 2.46. The van der Waals surface area contributed by atoms with Crippen molar-refractivity contribution in [3.8, 4) is 0 Å². The Kier molecular flexibility index (Phi) is 6.41. The average molecular weight is 282 g/mol. The minimum atomic E-state index is -1.35. The second-order valence-electron chi connectivity index (χ2n) is 6.82. The number of hydrogen-bond donors (Lipinski definition) is 1. The highest BCUT2D eigenvalue weighted by Crippen LogP contribution is 2.32. The molecule has 0 aromatic rings. The molecule has 0 aromatic heterocycles. The Morgan fingerprint density at radius 1 is 1.20 bits per heavy atom. The van der Waals surface area contributed by atoms with Crippen LogP contribution < -0.4 is 0 Å². The number of ketones is 1. The van der Waals surface area contributed by atoms with Crippen LogP contribution in [0.5, 0.6) is 0 Å². The van der Waals surface area contributed by atoms with Crippen molar-refractivity contribution in [1.29, 1.82) is 0 Å². The molecular formula is C17H30O3. The summed E-state index contributed by atoms with van der Waals surface area (Å²) in [6.45, 7) is 8.01. The van der Waals surface area contributed by atoms with Crippen molar-refractivity contribution in [1.82, 2.24) is 0 Å². The number of aliphatic hydroxyl groups is 1. The summed E-state index contributed by atoms with van der Waals surface area (Å²) in [7, 11) is 0. The van der Waals surface area contributed by atoms with Crippen molar-refractivity contribution in [3.05, 3.63) is 12.2 Å². The van der Waals surface area contributed by atoms with Crippen LogP contribution in [0, 0.1) is 0 Å². The van der Waals surface area contributed by atoms with Gasteiger partial charge in [-0.2, -0.15) is 0 Å². The summed E-state index contributed by atoms with van der Waals surface area (Å²) in [6, 6.07) is 0. The summed E-state index contributed by atoms with van der Waals surface area (Å²) in [4.78, 5) is 11.9. The zero-order valence-corrected chi connectivity index (χ0v) is 13.4. The maximum atomic E-state index is 11.9. The minimum Gasteiger partial charge on any atom is -0.379 e. The van der Waals surface area contributed by atoms with Gasteiger partial charge in [-0.3, -0.25) is 4.79 Å². The molecule has 0 fully saturated rings. The first-order valence-electron chi connectivity index (χ1n) is 7.92. The zero-order valence-electron chi connectivity index (χ0n) is 13.4. The van der Waals surface area contributed by atoms with Crippen molar-refractivity contribution in [3.63, 3.8) is 0 Å². The molecule has 0 aliphatic heterocycles. The molecule has 0 amide bonds. The van der Waals surface area contributed by atoms with Crippen LogP contribution in [-0.2, 0) is 9.53 Å². The lowest BCUT2D eigenvalue weighted by Gasteiger charge is -2.33. The Morgan fingerprint density at radius 2 is 1.80 bits per heavy atom. The molecule has 0 bridgehead atoms. The third kappa shape index (κ3) is 5.02. The molecule has 0 unspecified atom stereocenters. The molecule has 0 spiro atoms. The van der Waals surface area contributed by atoms with E-state index in [2.05, 4.69) is 6.92 Å². The van der Waals surface area contributed by atoms with Crippen LogP contribution in [0.1, 0.15) is 72.6 Å². The molecule has 20 heavy (non-hydrogen) atoms. The fourth-order valence-electron chi connectivity index (χ4n) is 2.58. The van der Waals surface area contributed by atoms with Gasteiger partial charge in [-0.1, -0.05) is 39.0 Å². The molecule has 1 N–H and O–H groups in total. The molecular weight excluding hydrogens is 252 g/mol. The standard InChI is InChI=1S/C17H30O3/c1-5-6-7-8-9-10-13-17(19)14(18)11-12-15(17)20-16(2,3)4/h11-12,15,19H,5-10,13H2,1-4H3/t15-,17-/m0/s1. The van der Waals surface area contributed by atoms with Crippen LogP contribution >= 0.6 is 0 Å². The van der Waals surface area contributed by atoms with Gasteiger partial charge >= 0.3 is 0 Å². The van der Waals surface area contributed by atoms with Crippen LogP contribution in [0.3, 0.4) is 0 Å². The van der Waals surface area contributed by atoms with Gasteiger partial charge < -0.3 is 9.84 Å². The highest BCUT2D eigenvalue weighted by molar-refractivity contribution is 6.00. The normalized spacial score (nSPS) is 26.4. The molecule has 3 heteroatoms. The molecule has 0 radical (unpaired) electrons. The molecule has 116 valence electrons. The quantitative estimate of drug-likeness (QED) is 0.689. The van der Waals surface area contributed by atoms with Gasteiger partial charge in [-0.05, 0) is 45.8 Å². The van der Waals surface area contributed by atoms with Gasteiger partial charge in [0.05, 0.1) is 5.60 Å². The Hall–Kier alpha value is -0.670. The van der Waals surface area contributed by atoms with E-state index >= 15 is 0 Å². The number of hydrogen-bond acceptors (Lipinski definition) is 3. The van der Waals surface area contributed by atoms with Crippen molar-refractivity contribution in [2.24, 2.45) is 0 Å². The number of unbranched alkanes of at least 4 members (excludes halogenated alkanes) is 5. The average Bonchev–Trinajstić information content (AvgIpc) is 2.60. The summed E-state index contributed by atoms with van der Waals surface area (Å²) in [5.41, 5.74) is -1.72. The molecule has 1 aliphatic rings. The molecule has 0 saturated carbocycles. The van der Waals surface area contributed by atoms with Gasteiger partial charge in [0.2, 0.25) is 0 Å². The lowest BCUT2D eigenvalue weighted by atomic mass is 9.90. The Morgan fingerprint density at radius 3 is 2.40 bits per heavy atom. The topological polar surface area (TPSA) is 46.5 Å². The molecule has 1 aliphatic carbocycles. The van der Waals surface area contributed by atoms with Crippen LogP contribution in [0.2, 0.25) is 0 Å². The van der Waals surface area contributed by atoms with E-state index < -0.39 is 11.7 Å². The Balaban J connectivity index is 2.45. The van der Waals surface area contributed by atoms with Crippen molar-refractivity contribution in [2.45, 2.75) is 89.9 Å². The van der Waals surface area contributed by atoms with Crippen molar-refractivity contribution >= 4 is 5.78 Å². The van der Waals surface area contributed by atoms with E-state index in [-0.39, 0.29) is 11.4 Å². The number of rotatable bonds is 8. The third-order valence-electron chi connectivity index (χ3n) is 3.71. The molecule has 0 saturated heterocycles. The summed E-state index contributed by atoms with van der Waals surface area (Å²) >= 11 is 0. The predicted octanol–water partition coefficient (Wildman–Crippen LogP) is 3.79. The van der Waals surface area contributed by atoms with Crippen molar-refractivity contribution < 1.29 is 14.6 Å². The smallest absolute Gasteiger partial charge is 0.189 e. The number of ether oxygens (including phenoxy) is 1. The van der Waals surface area contributed by atoms with Crippen molar-refractivity contribution in [2.75, 3.05) is 0 Å². The van der Waals surface area contributed by atoms with E-state index in [0.717, 1.165) is 12.8 Å². The van der Waals surface area contributed by atoms with Gasteiger partial charge in [-0.15, -0.1) is 0 Å². The van der Waals surface area contributed by atoms with Gasteiger partial charge in [0.15, 0.2) is 11.4 Å². The van der Waals surface area contributed by atoms with Crippen LogP contribution in [-0.4, -0.2) is 28.2 Å². The molecule has 0 heterocycles. The zero-order chi connectivity index (χ0) is 15.2. The monoisotopic (exact) mass is 282 g/mol. The lowest BCUT2D eigenvalue weighted by Crippen LogP contribution is -2.48. The molecule has 0 aromatic carbocycles. The minimum absolute atomic E-state index is 0.208. The van der Waals surface area contributed by atoms with E-state index in [1.54, 1.807) is 6.08 Å². The second kappa shape index (κ2) is 7.37. The van der Waals surface area contributed by atoms with Crippen LogP contribution in [0.4, 0.5) is 0 Å². The van der Waals surface area contributed by atoms with E-state index in [4.69, 9.17) is 4.74 Å². The van der Waals surface area contributed by atoms with E-state index in [0.29, 0.717) is 6.42 Å². The lowest BCUT2D eigenvalue weighted by molar-refractivity contribution is -0.157. The second-order valence-corrected chi connectivity index (χ2v) is 6.82. The summed E-state index contributed by atoms with van der Waals surface area (Å²) in [6.07, 6.45) is 10.00. The fraction of sp³-hybridized carbons (Fsp3) is 0.824. The summed E-state index contributed by atoms with van der Waals surface area (Å²) < 4.78 is 5.82. The first-order valence-corrected chi connectivity index (χ1v) is 7.92. The predicted molar refractivity (Wildman–Crippen MR) is 81.7 cm³/mol. The largest absolute Gasteiger partial charge is 0.379 e. The van der Waals surface area contributed by atoms with Gasteiger partial charge in [0.1, 0.15) is 6.10 Å². The number of carbonyl (C=O) groups is 1. The van der Waals surface area contributed by atoms with Crippen LogP contribution in [0.15, 0.2) is 12.2 Å². The first-order chi connectivity index (χ1) is 9.29. The summed E-state index contributed by atoms with van der Waals surface area (Å²) in [5, 5.41) is 10.6. The Labute approximate surface area is 123 Å². The maximum Gasteiger partial charge on any atom is 0.189 e. The van der Waals surface area contributed by atoms with Gasteiger partial charge in [0.25, 0.3) is 0 Å². The Bertz CT molecular complexity index is 341. The van der Waals surface area contributed by atoms with E-state index in [1.807, 2.05) is 20.8 Å². The SMILES string of the molecule is CCCCCCCC[C@]1(O)C(=O)C=C[C@@H]1OC(C)(C)C. The van der Waals surface area contributed by atoms with Crippen LogP contribution in [0.25, 0.3) is 0 Å². The van der Waals surface area contributed by atoms with E-state index in [1.165, 1.54) is 31.8 Å². The maximum absolute atomic E-state index is 11.9. The first kappa shape index (κ1) is 17.4.